The third kappa shape index (κ3) is 3.60. The lowest BCUT2D eigenvalue weighted by Crippen LogP contribution is -2.18. The molecule has 2 aromatic heterocycles. The molecule has 1 aliphatic carbocycles. The van der Waals surface area contributed by atoms with Gasteiger partial charge in [-0.15, -0.1) is 0 Å². The Kier molecular flexibility index (Phi) is 4.60. The Labute approximate surface area is 170 Å². The number of nitriles is 1. The molecule has 3 N–H and O–H groups in total. The third-order valence-electron chi connectivity index (χ3n) is 4.77. The van der Waals surface area contributed by atoms with Gasteiger partial charge >= 0.3 is 5.97 Å². The van der Waals surface area contributed by atoms with Gasteiger partial charge in [-0.2, -0.15) is 5.26 Å². The van der Waals surface area contributed by atoms with Gasteiger partial charge in [-0.25, -0.2) is 9.78 Å². The molecule has 0 radical (unpaired) electrons. The Morgan fingerprint density at radius 2 is 2.07 bits per heavy atom. The number of benzene rings is 1. The summed E-state index contributed by atoms with van der Waals surface area (Å²) in [5, 5.41) is 25.7. The summed E-state index contributed by atoms with van der Waals surface area (Å²) in [4.78, 5) is 27.3. The molecule has 1 aromatic carbocycles. The van der Waals surface area contributed by atoms with E-state index in [1.165, 1.54) is 6.07 Å². The van der Waals surface area contributed by atoms with E-state index in [1.54, 1.807) is 29.8 Å². The van der Waals surface area contributed by atoms with Crippen LogP contribution in [0.1, 0.15) is 28.9 Å². The molecular weight excluding hydrogens is 394 g/mol. The Bertz CT molecular complexity index is 1260. The van der Waals surface area contributed by atoms with Crippen LogP contribution in [0.3, 0.4) is 0 Å². The van der Waals surface area contributed by atoms with Gasteiger partial charge in [0.25, 0.3) is 5.56 Å². The fraction of sp³-hybridized carbons (Fsp3) is 0.200. The van der Waals surface area contributed by atoms with E-state index >= 15 is 0 Å². The maximum absolute atomic E-state index is 12.2. The number of hydrogen-bond acceptors (Lipinski definition) is 6. The number of halogens is 1. The van der Waals surface area contributed by atoms with Crippen LogP contribution in [0.5, 0.6) is 0 Å². The molecule has 8 nitrogen and oxygen atoms in total. The number of aryl methyl sites for hydroxylation is 1. The molecule has 0 amide bonds. The van der Waals surface area contributed by atoms with Gasteiger partial charge in [0.15, 0.2) is 5.69 Å². The molecule has 9 heteroatoms. The minimum Gasteiger partial charge on any atom is -0.477 e. The van der Waals surface area contributed by atoms with Crippen LogP contribution in [-0.2, 0) is 7.05 Å². The summed E-state index contributed by atoms with van der Waals surface area (Å²) in [6, 6.07) is 10.5. The summed E-state index contributed by atoms with van der Waals surface area (Å²) < 4.78 is 1.56. The molecule has 0 bridgehead atoms. The quantitative estimate of drug-likeness (QED) is 0.551. The van der Waals surface area contributed by atoms with Gasteiger partial charge < -0.3 is 20.3 Å². The van der Waals surface area contributed by atoms with Crippen molar-refractivity contribution >= 4 is 45.5 Å². The first-order valence-electron chi connectivity index (χ1n) is 8.88. The van der Waals surface area contributed by atoms with Crippen molar-refractivity contribution in [3.8, 4) is 6.07 Å². The molecule has 1 fully saturated rings. The number of aromatic nitrogens is 2. The van der Waals surface area contributed by atoms with E-state index in [2.05, 4.69) is 15.6 Å². The Balaban J connectivity index is 1.81. The van der Waals surface area contributed by atoms with Crippen LogP contribution in [0, 0.1) is 11.3 Å². The molecule has 29 heavy (non-hydrogen) atoms. The van der Waals surface area contributed by atoms with Crippen LogP contribution in [-0.4, -0.2) is 26.7 Å². The fourth-order valence-corrected chi connectivity index (χ4v) is 3.32. The summed E-state index contributed by atoms with van der Waals surface area (Å²) in [6.07, 6.45) is 2.13. The van der Waals surface area contributed by atoms with E-state index in [0.29, 0.717) is 11.7 Å². The minimum atomic E-state index is -1.25. The van der Waals surface area contributed by atoms with Gasteiger partial charge in [0.05, 0.1) is 11.2 Å². The maximum Gasteiger partial charge on any atom is 0.354 e. The molecule has 0 unspecified atom stereocenters. The van der Waals surface area contributed by atoms with Gasteiger partial charge in [0, 0.05) is 35.9 Å². The number of rotatable bonds is 5. The zero-order chi connectivity index (χ0) is 20.7. The molecule has 0 saturated heterocycles. The number of carboxylic acids is 1. The van der Waals surface area contributed by atoms with Crippen molar-refractivity contribution < 1.29 is 9.90 Å². The lowest BCUT2D eigenvalue weighted by molar-refractivity contribution is 0.0690. The van der Waals surface area contributed by atoms with Crippen LogP contribution in [0.25, 0.3) is 10.9 Å². The summed E-state index contributed by atoms with van der Waals surface area (Å²) in [6.45, 7) is 0. The summed E-state index contributed by atoms with van der Waals surface area (Å²) in [5.41, 5.74) is 2.03. The average Bonchev–Trinajstić information content (AvgIpc) is 3.49. The molecule has 0 spiro atoms. The van der Waals surface area contributed by atoms with E-state index in [1.807, 2.05) is 12.1 Å². The van der Waals surface area contributed by atoms with Crippen LogP contribution in [0.2, 0.25) is 5.15 Å². The average molecular weight is 410 g/mol. The van der Waals surface area contributed by atoms with E-state index in [4.69, 9.17) is 11.6 Å². The number of hydrogen-bond donors (Lipinski definition) is 3. The van der Waals surface area contributed by atoms with Crippen LogP contribution in [0.4, 0.5) is 17.1 Å². The Morgan fingerprint density at radius 3 is 2.72 bits per heavy atom. The predicted molar refractivity (Wildman–Crippen MR) is 110 cm³/mol. The second-order valence-corrected chi connectivity index (χ2v) is 7.23. The van der Waals surface area contributed by atoms with Crippen molar-refractivity contribution in [3.63, 3.8) is 0 Å². The molecule has 3 aromatic rings. The van der Waals surface area contributed by atoms with E-state index in [9.17, 15) is 20.0 Å². The van der Waals surface area contributed by atoms with Crippen molar-refractivity contribution in [2.24, 2.45) is 7.05 Å². The van der Waals surface area contributed by atoms with Crippen molar-refractivity contribution in [2.45, 2.75) is 18.9 Å². The molecule has 0 aliphatic heterocycles. The molecule has 1 saturated carbocycles. The number of carboxylic acid groups (broad SMARTS) is 1. The number of fused-ring (bicyclic) bond motifs is 1. The number of anilines is 3. The molecule has 4 rings (SSSR count). The maximum atomic E-state index is 12.2. The molecule has 0 atom stereocenters. The standard InChI is InChI=1S/C20H16ClN5O3/c1-26-17-5-4-11(6-12(17)15(8-18(26)27)23-10-2-3-10)24-14-7-16(20(28)29)25-19(21)13(14)9-22/h4-8,10,23H,2-3H2,1H3,(H,24,25)(H,28,29). The SMILES string of the molecule is Cn1c(=O)cc(NC2CC2)c2cc(Nc3cc(C(=O)O)nc(Cl)c3C#N)ccc21. The van der Waals surface area contributed by atoms with Gasteiger partial charge in [-0.1, -0.05) is 11.6 Å². The largest absolute Gasteiger partial charge is 0.477 e. The monoisotopic (exact) mass is 409 g/mol. The second-order valence-electron chi connectivity index (χ2n) is 6.87. The van der Waals surface area contributed by atoms with Gasteiger partial charge in [-0.05, 0) is 37.1 Å². The van der Waals surface area contributed by atoms with Crippen molar-refractivity contribution in [2.75, 3.05) is 10.6 Å². The zero-order valence-corrected chi connectivity index (χ0v) is 16.1. The summed E-state index contributed by atoms with van der Waals surface area (Å²) in [5.74, 6) is -1.25. The van der Waals surface area contributed by atoms with Crippen molar-refractivity contribution in [3.05, 3.63) is 57.1 Å². The van der Waals surface area contributed by atoms with E-state index in [0.717, 1.165) is 29.4 Å². The third-order valence-corrected chi connectivity index (χ3v) is 5.04. The minimum absolute atomic E-state index is 0.0496. The van der Waals surface area contributed by atoms with E-state index < -0.39 is 5.97 Å². The van der Waals surface area contributed by atoms with Crippen molar-refractivity contribution in [1.29, 1.82) is 5.26 Å². The highest BCUT2D eigenvalue weighted by molar-refractivity contribution is 6.31. The number of nitrogens with zero attached hydrogens (tertiary/aromatic N) is 3. The number of carbonyl (C=O) groups is 1. The summed E-state index contributed by atoms with van der Waals surface area (Å²) in [7, 11) is 1.70. The van der Waals surface area contributed by atoms with E-state index in [-0.39, 0.29) is 27.7 Å². The number of pyridine rings is 2. The normalized spacial score (nSPS) is 13.1. The summed E-state index contributed by atoms with van der Waals surface area (Å²) >= 11 is 5.98. The number of nitrogens with one attached hydrogen (secondary N) is 2. The van der Waals surface area contributed by atoms with Crippen LogP contribution in [0.15, 0.2) is 35.1 Å². The highest BCUT2D eigenvalue weighted by Crippen LogP contribution is 2.32. The molecule has 2 heterocycles. The van der Waals surface area contributed by atoms with Crippen molar-refractivity contribution in [1.82, 2.24) is 9.55 Å². The van der Waals surface area contributed by atoms with Gasteiger partial charge in [0.2, 0.25) is 0 Å². The van der Waals surface area contributed by atoms with Gasteiger partial charge in [-0.3, -0.25) is 4.79 Å². The van der Waals surface area contributed by atoms with Crippen LogP contribution < -0.4 is 16.2 Å². The highest BCUT2D eigenvalue weighted by atomic mass is 35.5. The van der Waals surface area contributed by atoms with Gasteiger partial charge in [0.1, 0.15) is 16.8 Å². The fourth-order valence-electron chi connectivity index (χ4n) is 3.09. The Hall–Kier alpha value is -3.57. The first-order chi connectivity index (χ1) is 13.9. The lowest BCUT2D eigenvalue weighted by Gasteiger charge is -2.15. The smallest absolute Gasteiger partial charge is 0.354 e. The first kappa shape index (κ1) is 18.8. The predicted octanol–water partition coefficient (Wildman–Crippen LogP) is 3.47. The molecule has 1 aliphatic rings. The number of aromatic carboxylic acids is 1. The second kappa shape index (κ2) is 7.11. The highest BCUT2D eigenvalue weighted by Gasteiger charge is 2.22. The Morgan fingerprint density at radius 1 is 1.31 bits per heavy atom. The molecular formula is C20H16ClN5O3. The molecule has 146 valence electrons. The van der Waals surface area contributed by atoms with Crippen LogP contribution >= 0.6 is 11.6 Å². The first-order valence-corrected chi connectivity index (χ1v) is 9.26. The topological polar surface area (TPSA) is 120 Å². The zero-order valence-electron chi connectivity index (χ0n) is 15.4. The lowest BCUT2D eigenvalue weighted by atomic mass is 10.1.